The van der Waals surface area contributed by atoms with Gasteiger partial charge in [0.05, 0.1) is 12.4 Å². The van der Waals surface area contributed by atoms with Gasteiger partial charge in [-0.15, -0.1) is 0 Å². The molecule has 138 valence electrons. The van der Waals surface area contributed by atoms with Gasteiger partial charge in [0.25, 0.3) is 5.91 Å². The zero-order valence-corrected chi connectivity index (χ0v) is 15.7. The van der Waals surface area contributed by atoms with E-state index in [0.29, 0.717) is 18.1 Å². The Morgan fingerprint density at radius 1 is 0.926 bits per heavy atom. The topological polar surface area (TPSA) is 66.9 Å². The highest BCUT2D eigenvalue weighted by Gasteiger charge is 2.09. The fourth-order valence-electron chi connectivity index (χ4n) is 2.88. The van der Waals surface area contributed by atoms with Gasteiger partial charge >= 0.3 is 0 Å². The van der Waals surface area contributed by atoms with E-state index in [4.69, 9.17) is 0 Å². The van der Waals surface area contributed by atoms with E-state index in [0.717, 1.165) is 29.7 Å². The number of aryl methyl sites for hydroxylation is 3. The van der Waals surface area contributed by atoms with Crippen LogP contribution in [-0.4, -0.2) is 22.4 Å². The molecule has 3 rings (SSSR count). The van der Waals surface area contributed by atoms with Crippen molar-refractivity contribution in [2.75, 3.05) is 11.9 Å². The molecular weight excluding hydrogens is 336 g/mol. The van der Waals surface area contributed by atoms with Crippen LogP contribution < -0.4 is 10.6 Å². The van der Waals surface area contributed by atoms with Crippen LogP contribution in [0.4, 0.5) is 11.5 Å². The zero-order valence-electron chi connectivity index (χ0n) is 15.7. The first-order valence-corrected chi connectivity index (χ1v) is 9.11. The molecule has 0 aliphatic carbocycles. The van der Waals surface area contributed by atoms with E-state index in [9.17, 15) is 4.79 Å². The first-order chi connectivity index (χ1) is 13.1. The van der Waals surface area contributed by atoms with Gasteiger partial charge in [0.2, 0.25) is 0 Å². The minimum atomic E-state index is -0.200. The molecule has 1 aromatic heterocycles. The molecule has 1 amide bonds. The molecule has 0 atom stereocenters. The lowest BCUT2D eigenvalue weighted by Crippen LogP contribution is -2.25. The van der Waals surface area contributed by atoms with Gasteiger partial charge in [0.15, 0.2) is 0 Å². The number of nitrogens with zero attached hydrogens (tertiary/aromatic N) is 2. The van der Waals surface area contributed by atoms with E-state index >= 15 is 0 Å². The summed E-state index contributed by atoms with van der Waals surface area (Å²) in [6.07, 6.45) is 4.91. The van der Waals surface area contributed by atoms with Crippen molar-refractivity contribution in [3.05, 3.63) is 83.3 Å². The Morgan fingerprint density at radius 3 is 2.33 bits per heavy atom. The minimum absolute atomic E-state index is 0.200. The summed E-state index contributed by atoms with van der Waals surface area (Å²) in [6, 6.07) is 16.3. The van der Waals surface area contributed by atoms with Crippen molar-refractivity contribution in [1.29, 1.82) is 0 Å². The second kappa shape index (κ2) is 8.94. The molecule has 2 aromatic carbocycles. The third-order valence-electron chi connectivity index (χ3n) is 4.39. The van der Waals surface area contributed by atoms with E-state index < -0.39 is 0 Å². The number of hydrogen-bond donors (Lipinski definition) is 2. The summed E-state index contributed by atoms with van der Waals surface area (Å²) < 4.78 is 0. The van der Waals surface area contributed by atoms with E-state index in [1.54, 1.807) is 6.20 Å². The van der Waals surface area contributed by atoms with Gasteiger partial charge in [-0.2, -0.15) is 0 Å². The quantitative estimate of drug-likeness (QED) is 0.620. The van der Waals surface area contributed by atoms with Gasteiger partial charge in [0.1, 0.15) is 11.5 Å². The summed E-state index contributed by atoms with van der Waals surface area (Å²) in [6.45, 7) is 4.69. The number of aromatic nitrogens is 2. The molecule has 3 aromatic rings. The summed E-state index contributed by atoms with van der Waals surface area (Å²) in [5, 5.41) is 6.17. The fourth-order valence-corrected chi connectivity index (χ4v) is 2.88. The lowest BCUT2D eigenvalue weighted by atomic mass is 10.1. The molecule has 5 heteroatoms. The molecule has 1 heterocycles. The maximum Gasteiger partial charge on any atom is 0.271 e. The smallest absolute Gasteiger partial charge is 0.271 e. The van der Waals surface area contributed by atoms with Crippen LogP contribution in [0.25, 0.3) is 0 Å². The van der Waals surface area contributed by atoms with E-state index in [-0.39, 0.29) is 5.91 Å². The summed E-state index contributed by atoms with van der Waals surface area (Å²) in [4.78, 5) is 20.8. The summed E-state index contributed by atoms with van der Waals surface area (Å²) >= 11 is 0. The van der Waals surface area contributed by atoms with Crippen molar-refractivity contribution in [3.63, 3.8) is 0 Å². The monoisotopic (exact) mass is 360 g/mol. The molecular formula is C22H24N4O. The number of carbonyl (C=O) groups is 1. The van der Waals surface area contributed by atoms with Gasteiger partial charge in [-0.3, -0.25) is 4.79 Å². The van der Waals surface area contributed by atoms with Gasteiger partial charge in [-0.1, -0.05) is 48.5 Å². The molecule has 0 aliphatic rings. The van der Waals surface area contributed by atoms with Crippen molar-refractivity contribution in [3.8, 4) is 0 Å². The Kier molecular flexibility index (Phi) is 6.15. The van der Waals surface area contributed by atoms with Gasteiger partial charge < -0.3 is 10.6 Å². The van der Waals surface area contributed by atoms with E-state index in [2.05, 4.69) is 32.7 Å². The van der Waals surface area contributed by atoms with Crippen molar-refractivity contribution in [2.45, 2.75) is 26.7 Å². The third-order valence-corrected chi connectivity index (χ3v) is 4.39. The molecule has 0 bridgehead atoms. The second-order valence-electron chi connectivity index (χ2n) is 6.52. The predicted molar refractivity (Wildman–Crippen MR) is 108 cm³/mol. The number of nitrogens with one attached hydrogen (secondary N) is 2. The maximum absolute atomic E-state index is 12.2. The highest BCUT2D eigenvalue weighted by atomic mass is 16.1. The van der Waals surface area contributed by atoms with Crippen LogP contribution >= 0.6 is 0 Å². The number of para-hydroxylation sites is 1. The number of rotatable bonds is 7. The second-order valence-corrected chi connectivity index (χ2v) is 6.52. The van der Waals surface area contributed by atoms with Crippen LogP contribution in [0.5, 0.6) is 0 Å². The molecule has 2 N–H and O–H groups in total. The Morgan fingerprint density at radius 2 is 1.67 bits per heavy atom. The highest BCUT2D eigenvalue weighted by molar-refractivity contribution is 5.92. The average molecular weight is 360 g/mol. The van der Waals surface area contributed by atoms with Gasteiger partial charge in [0, 0.05) is 12.2 Å². The molecule has 0 saturated heterocycles. The lowest BCUT2D eigenvalue weighted by molar-refractivity contribution is 0.0948. The molecule has 0 saturated carbocycles. The number of anilines is 2. The van der Waals surface area contributed by atoms with E-state index in [1.165, 1.54) is 11.8 Å². The Hall–Kier alpha value is -3.21. The molecule has 0 radical (unpaired) electrons. The van der Waals surface area contributed by atoms with Crippen LogP contribution in [0, 0.1) is 13.8 Å². The van der Waals surface area contributed by atoms with Crippen molar-refractivity contribution in [2.24, 2.45) is 0 Å². The predicted octanol–water partition coefficient (Wildman–Crippen LogP) is 4.20. The third kappa shape index (κ3) is 5.14. The molecule has 27 heavy (non-hydrogen) atoms. The molecule has 0 fully saturated rings. The number of carbonyl (C=O) groups excluding carboxylic acids is 1. The van der Waals surface area contributed by atoms with Crippen LogP contribution in [0.1, 0.15) is 33.6 Å². The minimum Gasteiger partial charge on any atom is -0.351 e. The molecule has 0 spiro atoms. The SMILES string of the molecule is Cc1cccc(C)c1Nc1cnc(C(=O)NCCCc2ccccc2)cn1. The highest BCUT2D eigenvalue weighted by Crippen LogP contribution is 2.22. The van der Waals surface area contributed by atoms with Crippen molar-refractivity contribution >= 4 is 17.4 Å². The zero-order chi connectivity index (χ0) is 19.1. The van der Waals surface area contributed by atoms with Gasteiger partial charge in [-0.05, 0) is 43.4 Å². The molecule has 5 nitrogen and oxygen atoms in total. The Balaban J connectivity index is 1.51. The maximum atomic E-state index is 12.2. The Bertz CT molecular complexity index is 872. The normalized spacial score (nSPS) is 10.4. The Labute approximate surface area is 159 Å². The standard InChI is InChI=1S/C22H24N4O/c1-16-8-6-9-17(2)21(16)26-20-15-24-19(14-25-20)22(27)23-13-7-12-18-10-4-3-5-11-18/h3-6,8-11,14-15H,7,12-13H2,1-2H3,(H,23,27)(H,25,26). The largest absolute Gasteiger partial charge is 0.351 e. The van der Waals surface area contributed by atoms with Gasteiger partial charge in [-0.25, -0.2) is 9.97 Å². The van der Waals surface area contributed by atoms with Crippen LogP contribution in [0.3, 0.4) is 0 Å². The molecule has 0 unspecified atom stereocenters. The average Bonchev–Trinajstić information content (AvgIpc) is 2.69. The van der Waals surface area contributed by atoms with Crippen molar-refractivity contribution < 1.29 is 4.79 Å². The number of hydrogen-bond acceptors (Lipinski definition) is 4. The summed E-state index contributed by atoms with van der Waals surface area (Å²) in [7, 11) is 0. The number of benzene rings is 2. The van der Waals surface area contributed by atoms with Crippen LogP contribution in [0.15, 0.2) is 60.9 Å². The summed E-state index contributed by atoms with van der Waals surface area (Å²) in [5.41, 5.74) is 4.88. The number of amides is 1. The van der Waals surface area contributed by atoms with E-state index in [1.807, 2.05) is 50.2 Å². The summed E-state index contributed by atoms with van der Waals surface area (Å²) in [5.74, 6) is 0.419. The lowest BCUT2D eigenvalue weighted by Gasteiger charge is -2.11. The first-order valence-electron chi connectivity index (χ1n) is 9.11. The first kappa shape index (κ1) is 18.6. The van der Waals surface area contributed by atoms with Crippen LogP contribution in [0.2, 0.25) is 0 Å². The molecule has 0 aliphatic heterocycles. The van der Waals surface area contributed by atoms with Crippen molar-refractivity contribution in [1.82, 2.24) is 15.3 Å². The fraction of sp³-hybridized carbons (Fsp3) is 0.227. The van der Waals surface area contributed by atoms with Crippen LogP contribution in [-0.2, 0) is 6.42 Å².